The molecule has 2 saturated heterocycles. The van der Waals surface area contributed by atoms with Gasteiger partial charge in [0.2, 0.25) is 5.91 Å². The van der Waals surface area contributed by atoms with Gasteiger partial charge in [0.05, 0.1) is 4.87 Å². The van der Waals surface area contributed by atoms with Gasteiger partial charge in [0.25, 0.3) is 5.91 Å². The van der Waals surface area contributed by atoms with Gasteiger partial charge in [0, 0.05) is 31.5 Å². The van der Waals surface area contributed by atoms with Crippen LogP contribution in [0.4, 0.5) is 0 Å². The van der Waals surface area contributed by atoms with E-state index in [4.69, 9.17) is 4.74 Å². The molecular weight excluding hydrogens is 396 g/mol. The van der Waals surface area contributed by atoms with E-state index in [1.807, 2.05) is 88.3 Å². The molecule has 0 atom stereocenters. The number of hydrogen-bond donors (Lipinski definition) is 0. The van der Waals surface area contributed by atoms with Crippen LogP contribution in [0.15, 0.2) is 66.7 Å². The Labute approximate surface area is 181 Å². The van der Waals surface area contributed by atoms with Crippen molar-refractivity contribution < 1.29 is 14.3 Å². The number of carbonyl (C=O) groups is 2. The Balaban J connectivity index is 1.32. The standard InChI is InChI=1S/C24H26N2O3S/c27-22(12-11-20-7-3-1-4-8-20)26-17-18-30-24(26)13-15-25(16-14-24)23(28)19-29-21-9-5-2-6-10-21/h1-12H,13-19H2/b12-11+. The molecule has 2 aromatic rings. The first-order valence-electron chi connectivity index (χ1n) is 10.3. The number of benzene rings is 2. The fraction of sp³-hybridized carbons (Fsp3) is 0.333. The molecule has 2 fully saturated rings. The zero-order chi connectivity index (χ0) is 20.8. The molecule has 0 unspecified atom stereocenters. The van der Waals surface area contributed by atoms with Crippen molar-refractivity contribution in [3.8, 4) is 5.75 Å². The van der Waals surface area contributed by atoms with Crippen molar-refractivity contribution in [2.45, 2.75) is 17.7 Å². The monoisotopic (exact) mass is 422 g/mol. The molecule has 5 nitrogen and oxygen atoms in total. The van der Waals surface area contributed by atoms with E-state index >= 15 is 0 Å². The van der Waals surface area contributed by atoms with E-state index in [1.165, 1.54) is 0 Å². The molecule has 0 radical (unpaired) electrons. The predicted molar refractivity (Wildman–Crippen MR) is 120 cm³/mol. The van der Waals surface area contributed by atoms with Crippen LogP contribution in [0.2, 0.25) is 0 Å². The number of para-hydroxylation sites is 1. The van der Waals surface area contributed by atoms with E-state index in [9.17, 15) is 9.59 Å². The van der Waals surface area contributed by atoms with Gasteiger partial charge in [-0.1, -0.05) is 48.5 Å². The minimum absolute atomic E-state index is 0.00134. The van der Waals surface area contributed by atoms with Crippen molar-refractivity contribution >= 4 is 29.7 Å². The average Bonchev–Trinajstić information content (AvgIpc) is 3.20. The summed E-state index contributed by atoms with van der Waals surface area (Å²) >= 11 is 1.85. The minimum atomic E-state index is -0.199. The lowest BCUT2D eigenvalue weighted by Gasteiger charge is -2.43. The first kappa shape index (κ1) is 20.5. The summed E-state index contributed by atoms with van der Waals surface area (Å²) in [4.78, 5) is 29.1. The van der Waals surface area contributed by atoms with Crippen molar-refractivity contribution in [2.24, 2.45) is 0 Å². The molecule has 0 aliphatic carbocycles. The highest BCUT2D eigenvalue weighted by molar-refractivity contribution is 8.00. The molecule has 156 valence electrons. The zero-order valence-corrected chi connectivity index (χ0v) is 17.7. The van der Waals surface area contributed by atoms with Gasteiger partial charge in [-0.25, -0.2) is 0 Å². The maximum atomic E-state index is 12.9. The lowest BCUT2D eigenvalue weighted by molar-refractivity contribution is -0.136. The molecule has 2 aromatic carbocycles. The van der Waals surface area contributed by atoms with Gasteiger partial charge in [-0.3, -0.25) is 9.59 Å². The minimum Gasteiger partial charge on any atom is -0.484 e. The molecule has 1 spiro atoms. The highest BCUT2D eigenvalue weighted by atomic mass is 32.2. The summed E-state index contributed by atoms with van der Waals surface area (Å²) in [6.45, 7) is 2.10. The van der Waals surface area contributed by atoms with Gasteiger partial charge in [-0.2, -0.15) is 0 Å². The Morgan fingerprint density at radius 2 is 1.63 bits per heavy atom. The van der Waals surface area contributed by atoms with E-state index in [0.29, 0.717) is 18.8 Å². The number of ether oxygens (including phenoxy) is 1. The molecule has 2 aliphatic heterocycles. The molecule has 4 rings (SSSR count). The molecule has 2 amide bonds. The number of hydrogen-bond acceptors (Lipinski definition) is 4. The lowest BCUT2D eigenvalue weighted by atomic mass is 10.0. The fourth-order valence-electron chi connectivity index (χ4n) is 4.01. The molecule has 6 heteroatoms. The number of piperidine rings is 1. The highest BCUT2D eigenvalue weighted by Gasteiger charge is 2.46. The summed E-state index contributed by atoms with van der Waals surface area (Å²) < 4.78 is 5.60. The third kappa shape index (κ3) is 4.70. The maximum absolute atomic E-state index is 12.9. The molecule has 0 aromatic heterocycles. The Morgan fingerprint density at radius 3 is 2.33 bits per heavy atom. The Hall–Kier alpha value is -2.73. The van der Waals surface area contributed by atoms with Crippen LogP contribution in [0.3, 0.4) is 0 Å². The van der Waals surface area contributed by atoms with Crippen molar-refractivity contribution in [1.82, 2.24) is 9.80 Å². The maximum Gasteiger partial charge on any atom is 0.260 e. The molecule has 2 heterocycles. The van der Waals surface area contributed by atoms with E-state index in [2.05, 4.69) is 0 Å². The van der Waals surface area contributed by atoms with Gasteiger partial charge in [0.1, 0.15) is 5.75 Å². The molecule has 30 heavy (non-hydrogen) atoms. The molecule has 0 saturated carbocycles. The van der Waals surface area contributed by atoms with Crippen molar-refractivity contribution in [2.75, 3.05) is 32.0 Å². The van der Waals surface area contributed by atoms with Crippen molar-refractivity contribution in [1.29, 1.82) is 0 Å². The Morgan fingerprint density at radius 1 is 0.967 bits per heavy atom. The van der Waals surface area contributed by atoms with Gasteiger partial charge in [-0.05, 0) is 36.6 Å². The number of likely N-dealkylation sites (tertiary alicyclic amines) is 1. The third-order valence-electron chi connectivity index (χ3n) is 5.66. The second-order valence-corrected chi connectivity index (χ2v) is 8.97. The number of nitrogens with zero attached hydrogens (tertiary/aromatic N) is 2. The smallest absolute Gasteiger partial charge is 0.260 e. The van der Waals surface area contributed by atoms with Crippen LogP contribution in [0.5, 0.6) is 5.75 Å². The number of thioether (sulfide) groups is 1. The van der Waals surface area contributed by atoms with Crippen LogP contribution < -0.4 is 4.74 Å². The van der Waals surface area contributed by atoms with Gasteiger partial charge < -0.3 is 14.5 Å². The summed E-state index contributed by atoms with van der Waals surface area (Å²) in [6.07, 6.45) is 5.13. The summed E-state index contributed by atoms with van der Waals surface area (Å²) in [6, 6.07) is 19.3. The lowest BCUT2D eigenvalue weighted by Crippen LogP contribution is -2.53. The number of rotatable bonds is 5. The van der Waals surface area contributed by atoms with E-state index in [-0.39, 0.29) is 23.3 Å². The highest BCUT2D eigenvalue weighted by Crippen LogP contribution is 2.44. The Kier molecular flexibility index (Phi) is 6.43. The van der Waals surface area contributed by atoms with E-state index in [1.54, 1.807) is 6.08 Å². The summed E-state index contributed by atoms with van der Waals surface area (Å²) in [5.41, 5.74) is 1.02. The second kappa shape index (κ2) is 9.39. The molecule has 0 bridgehead atoms. The van der Waals surface area contributed by atoms with Gasteiger partial charge in [-0.15, -0.1) is 11.8 Å². The van der Waals surface area contributed by atoms with Crippen LogP contribution >= 0.6 is 11.8 Å². The second-order valence-electron chi connectivity index (χ2n) is 7.51. The first-order valence-corrected chi connectivity index (χ1v) is 11.3. The largest absolute Gasteiger partial charge is 0.484 e. The molecule has 2 aliphatic rings. The van der Waals surface area contributed by atoms with E-state index < -0.39 is 0 Å². The van der Waals surface area contributed by atoms with Gasteiger partial charge in [0.15, 0.2) is 6.61 Å². The predicted octanol–water partition coefficient (Wildman–Crippen LogP) is 3.67. The fourth-order valence-corrected chi connectivity index (χ4v) is 5.48. The summed E-state index contributed by atoms with van der Waals surface area (Å²) in [5.74, 6) is 1.69. The van der Waals surface area contributed by atoms with Crippen LogP contribution in [-0.4, -0.2) is 58.5 Å². The quantitative estimate of drug-likeness (QED) is 0.690. The average molecular weight is 423 g/mol. The summed E-state index contributed by atoms with van der Waals surface area (Å²) in [7, 11) is 0. The molecule has 0 N–H and O–H groups in total. The molecular formula is C24H26N2O3S. The first-order chi connectivity index (χ1) is 14.7. The summed E-state index contributed by atoms with van der Waals surface area (Å²) in [5, 5.41) is 0. The van der Waals surface area contributed by atoms with Crippen molar-refractivity contribution in [3.63, 3.8) is 0 Å². The van der Waals surface area contributed by atoms with Crippen LogP contribution in [0.1, 0.15) is 18.4 Å². The third-order valence-corrected chi connectivity index (χ3v) is 7.22. The number of carbonyl (C=O) groups excluding carboxylic acids is 2. The number of amides is 2. The topological polar surface area (TPSA) is 49.9 Å². The Bertz CT molecular complexity index is 893. The van der Waals surface area contributed by atoms with Crippen LogP contribution in [-0.2, 0) is 9.59 Å². The zero-order valence-electron chi connectivity index (χ0n) is 16.9. The van der Waals surface area contributed by atoms with E-state index in [0.717, 1.165) is 30.7 Å². The van der Waals surface area contributed by atoms with Gasteiger partial charge >= 0.3 is 0 Å². The van der Waals surface area contributed by atoms with Crippen molar-refractivity contribution in [3.05, 3.63) is 72.3 Å². The SMILES string of the molecule is O=C(COc1ccccc1)N1CCC2(CC1)SCCN2C(=O)/C=C/c1ccccc1. The van der Waals surface area contributed by atoms with Crippen LogP contribution in [0, 0.1) is 0 Å². The van der Waals surface area contributed by atoms with Crippen LogP contribution in [0.25, 0.3) is 6.08 Å². The normalized spacial score (nSPS) is 18.1.